The first-order valence-corrected chi connectivity index (χ1v) is 7.76. The van der Waals surface area contributed by atoms with Crippen LogP contribution in [0.5, 0.6) is 0 Å². The Balaban J connectivity index is 2.50. The van der Waals surface area contributed by atoms with E-state index in [1.807, 2.05) is 30.3 Å². The SMILES string of the molecule is CCCCCCCC(C(=O)c1ccccc1)C(C)C. The average molecular weight is 260 g/mol. The molecule has 1 atom stereocenters. The van der Waals surface area contributed by atoms with E-state index in [0.29, 0.717) is 11.7 Å². The Morgan fingerprint density at radius 1 is 1.00 bits per heavy atom. The van der Waals surface area contributed by atoms with Crippen LogP contribution in [0.1, 0.15) is 69.7 Å². The van der Waals surface area contributed by atoms with Gasteiger partial charge in [-0.2, -0.15) is 0 Å². The Morgan fingerprint density at radius 3 is 2.21 bits per heavy atom. The predicted octanol–water partition coefficient (Wildman–Crippen LogP) is 5.50. The molecule has 1 rings (SSSR count). The van der Waals surface area contributed by atoms with Gasteiger partial charge in [-0.25, -0.2) is 0 Å². The molecule has 1 aromatic carbocycles. The molecule has 1 nitrogen and oxygen atoms in total. The van der Waals surface area contributed by atoms with Gasteiger partial charge in [-0.3, -0.25) is 4.79 Å². The molecule has 19 heavy (non-hydrogen) atoms. The molecule has 0 aliphatic rings. The van der Waals surface area contributed by atoms with E-state index in [4.69, 9.17) is 0 Å². The summed E-state index contributed by atoms with van der Waals surface area (Å²) in [6, 6.07) is 9.74. The number of Topliss-reactive ketones (excluding diaryl/α,β-unsaturated/α-hetero) is 1. The van der Waals surface area contributed by atoms with Gasteiger partial charge in [0.1, 0.15) is 0 Å². The van der Waals surface area contributed by atoms with Crippen molar-refractivity contribution in [3.05, 3.63) is 35.9 Å². The molecule has 0 aliphatic heterocycles. The van der Waals surface area contributed by atoms with Crippen molar-refractivity contribution in [2.75, 3.05) is 0 Å². The van der Waals surface area contributed by atoms with Crippen molar-refractivity contribution in [3.63, 3.8) is 0 Å². The van der Waals surface area contributed by atoms with Gasteiger partial charge in [0.2, 0.25) is 0 Å². The summed E-state index contributed by atoms with van der Waals surface area (Å²) in [7, 11) is 0. The first-order chi connectivity index (χ1) is 9.16. The molecule has 0 N–H and O–H groups in total. The average Bonchev–Trinajstić information content (AvgIpc) is 2.43. The van der Waals surface area contributed by atoms with Crippen molar-refractivity contribution in [1.82, 2.24) is 0 Å². The normalized spacial score (nSPS) is 12.6. The van der Waals surface area contributed by atoms with E-state index in [0.717, 1.165) is 12.0 Å². The molecule has 0 spiro atoms. The van der Waals surface area contributed by atoms with E-state index in [1.54, 1.807) is 0 Å². The molecule has 1 unspecified atom stereocenters. The van der Waals surface area contributed by atoms with Crippen LogP contribution in [0, 0.1) is 11.8 Å². The van der Waals surface area contributed by atoms with Gasteiger partial charge in [0.05, 0.1) is 0 Å². The second-order valence-electron chi connectivity index (χ2n) is 5.78. The minimum Gasteiger partial charge on any atom is -0.294 e. The van der Waals surface area contributed by atoms with E-state index in [2.05, 4.69) is 20.8 Å². The molecule has 0 aromatic heterocycles. The number of benzene rings is 1. The van der Waals surface area contributed by atoms with Crippen molar-refractivity contribution < 1.29 is 4.79 Å². The van der Waals surface area contributed by atoms with Crippen LogP contribution in [0.25, 0.3) is 0 Å². The minimum atomic E-state index is 0.184. The van der Waals surface area contributed by atoms with Crippen LogP contribution in [0.4, 0.5) is 0 Å². The third kappa shape index (κ3) is 5.59. The van der Waals surface area contributed by atoms with Crippen LogP contribution >= 0.6 is 0 Å². The summed E-state index contributed by atoms with van der Waals surface area (Å²) in [4.78, 5) is 12.5. The summed E-state index contributed by atoms with van der Waals surface area (Å²) < 4.78 is 0. The van der Waals surface area contributed by atoms with Crippen molar-refractivity contribution in [3.8, 4) is 0 Å². The first kappa shape index (κ1) is 15.9. The molecule has 1 heteroatoms. The maximum absolute atomic E-state index is 12.5. The lowest BCUT2D eigenvalue weighted by molar-refractivity contribution is 0.0874. The van der Waals surface area contributed by atoms with E-state index in [9.17, 15) is 4.79 Å². The zero-order valence-corrected chi connectivity index (χ0v) is 12.7. The van der Waals surface area contributed by atoms with Gasteiger partial charge in [-0.05, 0) is 12.3 Å². The van der Waals surface area contributed by atoms with Gasteiger partial charge in [0, 0.05) is 11.5 Å². The minimum absolute atomic E-state index is 0.184. The Hall–Kier alpha value is -1.11. The third-order valence-corrected chi connectivity index (χ3v) is 3.82. The summed E-state index contributed by atoms with van der Waals surface area (Å²) in [5.41, 5.74) is 0.870. The zero-order valence-electron chi connectivity index (χ0n) is 12.7. The number of hydrogen-bond donors (Lipinski definition) is 0. The molecule has 0 aliphatic carbocycles. The molecule has 0 saturated heterocycles. The van der Waals surface area contributed by atoms with Gasteiger partial charge in [-0.1, -0.05) is 83.2 Å². The molecular weight excluding hydrogens is 232 g/mol. The zero-order chi connectivity index (χ0) is 14.1. The van der Waals surface area contributed by atoms with Gasteiger partial charge in [0.25, 0.3) is 0 Å². The summed E-state index contributed by atoms with van der Waals surface area (Å²) in [6.07, 6.45) is 7.38. The maximum Gasteiger partial charge on any atom is 0.166 e. The Kier molecular flexibility index (Phi) is 7.47. The van der Waals surface area contributed by atoms with E-state index >= 15 is 0 Å². The number of unbranched alkanes of at least 4 members (excludes halogenated alkanes) is 4. The molecule has 0 radical (unpaired) electrons. The monoisotopic (exact) mass is 260 g/mol. The fraction of sp³-hybridized carbons (Fsp3) is 0.611. The van der Waals surface area contributed by atoms with Crippen LogP contribution in [0.2, 0.25) is 0 Å². The smallest absolute Gasteiger partial charge is 0.166 e. The Labute approximate surface area is 118 Å². The first-order valence-electron chi connectivity index (χ1n) is 7.76. The van der Waals surface area contributed by atoms with Crippen LogP contribution in [-0.2, 0) is 0 Å². The van der Waals surface area contributed by atoms with Crippen LogP contribution in [0.15, 0.2) is 30.3 Å². The highest BCUT2D eigenvalue weighted by Gasteiger charge is 2.22. The number of hydrogen-bond acceptors (Lipinski definition) is 1. The number of carbonyl (C=O) groups excluding carboxylic acids is 1. The number of carbonyl (C=O) groups is 1. The molecule has 106 valence electrons. The van der Waals surface area contributed by atoms with E-state index in [1.165, 1.54) is 32.1 Å². The maximum atomic E-state index is 12.5. The third-order valence-electron chi connectivity index (χ3n) is 3.82. The molecule has 0 heterocycles. The van der Waals surface area contributed by atoms with Crippen molar-refractivity contribution in [1.29, 1.82) is 0 Å². The lowest BCUT2D eigenvalue weighted by atomic mass is 9.84. The molecule has 0 amide bonds. The van der Waals surface area contributed by atoms with Crippen molar-refractivity contribution in [2.24, 2.45) is 11.8 Å². The topological polar surface area (TPSA) is 17.1 Å². The predicted molar refractivity (Wildman–Crippen MR) is 82.5 cm³/mol. The Morgan fingerprint density at radius 2 is 1.63 bits per heavy atom. The quantitative estimate of drug-likeness (QED) is 0.423. The second kappa shape index (κ2) is 8.90. The van der Waals surface area contributed by atoms with Gasteiger partial charge >= 0.3 is 0 Å². The highest BCUT2D eigenvalue weighted by molar-refractivity contribution is 5.97. The van der Waals surface area contributed by atoms with Gasteiger partial charge in [0.15, 0.2) is 5.78 Å². The number of ketones is 1. The van der Waals surface area contributed by atoms with Crippen molar-refractivity contribution >= 4 is 5.78 Å². The van der Waals surface area contributed by atoms with Gasteiger partial charge in [-0.15, -0.1) is 0 Å². The highest BCUT2D eigenvalue weighted by Crippen LogP contribution is 2.23. The summed E-state index contributed by atoms with van der Waals surface area (Å²) >= 11 is 0. The van der Waals surface area contributed by atoms with E-state index < -0.39 is 0 Å². The van der Waals surface area contributed by atoms with Crippen molar-refractivity contribution in [2.45, 2.75) is 59.3 Å². The molecule has 0 saturated carbocycles. The lowest BCUT2D eigenvalue weighted by Crippen LogP contribution is -2.20. The summed E-state index contributed by atoms with van der Waals surface area (Å²) in [5.74, 6) is 0.939. The summed E-state index contributed by atoms with van der Waals surface area (Å²) in [5, 5.41) is 0. The molecule has 0 fully saturated rings. The van der Waals surface area contributed by atoms with E-state index in [-0.39, 0.29) is 5.92 Å². The van der Waals surface area contributed by atoms with Crippen LogP contribution < -0.4 is 0 Å². The fourth-order valence-corrected chi connectivity index (χ4v) is 2.55. The Bertz CT molecular complexity index is 353. The fourth-order valence-electron chi connectivity index (χ4n) is 2.55. The largest absolute Gasteiger partial charge is 0.294 e. The van der Waals surface area contributed by atoms with Gasteiger partial charge < -0.3 is 0 Å². The second-order valence-corrected chi connectivity index (χ2v) is 5.78. The molecule has 0 bridgehead atoms. The number of rotatable bonds is 9. The highest BCUT2D eigenvalue weighted by atomic mass is 16.1. The lowest BCUT2D eigenvalue weighted by Gasteiger charge is -2.19. The molecule has 1 aromatic rings. The standard InChI is InChI=1S/C18H28O/c1-4-5-6-7-11-14-17(15(2)3)18(19)16-12-9-8-10-13-16/h8-10,12-13,15,17H,4-7,11,14H2,1-3H3. The molecular formula is C18H28O. The van der Waals surface area contributed by atoms with Crippen LogP contribution in [0.3, 0.4) is 0 Å². The van der Waals surface area contributed by atoms with Crippen LogP contribution in [-0.4, -0.2) is 5.78 Å². The summed E-state index contributed by atoms with van der Waals surface area (Å²) in [6.45, 7) is 6.56.